The second-order valence-electron chi connectivity index (χ2n) is 6.90. The summed E-state index contributed by atoms with van der Waals surface area (Å²) in [6.07, 6.45) is 0. The molecular formula is C21H22N4O3S2. The Morgan fingerprint density at radius 2 is 1.93 bits per heavy atom. The van der Waals surface area contributed by atoms with Gasteiger partial charge in [0.05, 0.1) is 11.8 Å². The molecule has 0 unspecified atom stereocenters. The number of ether oxygens (including phenoxy) is 2. The van der Waals surface area contributed by atoms with Crippen LogP contribution in [0.25, 0.3) is 10.1 Å². The first-order valence-corrected chi connectivity index (χ1v) is 10.7. The van der Waals surface area contributed by atoms with E-state index in [0.29, 0.717) is 11.5 Å². The van der Waals surface area contributed by atoms with Crippen LogP contribution in [0.15, 0.2) is 42.5 Å². The molecule has 1 aliphatic heterocycles. The number of carbonyl (C=O) groups excluding carboxylic acids is 1. The van der Waals surface area contributed by atoms with Gasteiger partial charge in [-0.2, -0.15) is 4.37 Å². The number of hydrogen-bond donors (Lipinski definition) is 1. The first-order valence-electron chi connectivity index (χ1n) is 9.54. The maximum Gasteiger partial charge on any atom is 0.255 e. The average Bonchev–Trinajstić information content (AvgIpc) is 3.21. The van der Waals surface area contributed by atoms with Gasteiger partial charge in [-0.25, -0.2) is 0 Å². The molecule has 1 amide bonds. The number of methoxy groups -OCH3 is 1. The number of piperazine rings is 1. The molecule has 2 heterocycles. The lowest BCUT2D eigenvalue weighted by molar-refractivity contribution is -0.119. The van der Waals surface area contributed by atoms with E-state index in [-0.39, 0.29) is 6.61 Å². The number of anilines is 1. The molecule has 2 N–H and O–H groups in total. The van der Waals surface area contributed by atoms with E-state index in [1.54, 1.807) is 13.2 Å². The number of amides is 1. The van der Waals surface area contributed by atoms with Crippen LogP contribution in [0.3, 0.4) is 0 Å². The molecule has 0 aliphatic carbocycles. The highest BCUT2D eigenvalue weighted by Gasteiger charge is 2.23. The standard InChI is InChI=1S/C21H22N4O3S2/c1-27-17-12-14(6-7-16(17)28-13-19(22)26)21(29)25-10-8-24(9-11-25)20-15-4-2-3-5-18(15)30-23-20/h2-7,12H,8-11,13H2,1H3,(H2,22,26). The highest BCUT2D eigenvalue weighted by atomic mass is 32.1. The number of aromatic nitrogens is 1. The molecule has 0 radical (unpaired) electrons. The molecule has 7 nitrogen and oxygen atoms in total. The zero-order valence-electron chi connectivity index (χ0n) is 16.5. The molecule has 2 aromatic carbocycles. The van der Waals surface area contributed by atoms with Crippen molar-refractivity contribution in [1.82, 2.24) is 9.27 Å². The Balaban J connectivity index is 1.43. The third-order valence-electron chi connectivity index (χ3n) is 5.01. The van der Waals surface area contributed by atoms with E-state index in [4.69, 9.17) is 27.4 Å². The van der Waals surface area contributed by atoms with Gasteiger partial charge >= 0.3 is 0 Å². The van der Waals surface area contributed by atoms with Gasteiger partial charge in [0.2, 0.25) is 0 Å². The predicted octanol–water partition coefficient (Wildman–Crippen LogP) is 2.67. The van der Waals surface area contributed by atoms with Crippen molar-refractivity contribution in [2.45, 2.75) is 0 Å². The maximum atomic E-state index is 11.0. The molecule has 1 saturated heterocycles. The van der Waals surface area contributed by atoms with Gasteiger partial charge in [0.15, 0.2) is 18.1 Å². The van der Waals surface area contributed by atoms with Gasteiger partial charge < -0.3 is 25.0 Å². The quantitative estimate of drug-likeness (QED) is 0.588. The summed E-state index contributed by atoms with van der Waals surface area (Å²) >= 11 is 7.27. The van der Waals surface area contributed by atoms with Gasteiger partial charge in [-0.1, -0.05) is 24.4 Å². The fourth-order valence-corrected chi connectivity index (χ4v) is 4.58. The van der Waals surface area contributed by atoms with Gasteiger partial charge in [0.1, 0.15) is 10.8 Å². The Morgan fingerprint density at radius 3 is 2.67 bits per heavy atom. The Hall–Kier alpha value is -2.91. The van der Waals surface area contributed by atoms with Crippen molar-refractivity contribution in [3.8, 4) is 11.5 Å². The van der Waals surface area contributed by atoms with E-state index in [1.807, 2.05) is 18.2 Å². The van der Waals surface area contributed by atoms with Crippen molar-refractivity contribution in [3.63, 3.8) is 0 Å². The zero-order valence-corrected chi connectivity index (χ0v) is 18.2. The lowest BCUT2D eigenvalue weighted by atomic mass is 10.1. The summed E-state index contributed by atoms with van der Waals surface area (Å²) in [4.78, 5) is 16.2. The maximum absolute atomic E-state index is 11.0. The molecule has 0 spiro atoms. The molecule has 1 aromatic heterocycles. The van der Waals surface area contributed by atoms with Crippen molar-refractivity contribution in [1.29, 1.82) is 0 Å². The second kappa shape index (κ2) is 8.85. The summed E-state index contributed by atoms with van der Waals surface area (Å²) in [7, 11) is 1.55. The van der Waals surface area contributed by atoms with E-state index in [9.17, 15) is 4.79 Å². The van der Waals surface area contributed by atoms with Crippen LogP contribution in [0.4, 0.5) is 5.82 Å². The topological polar surface area (TPSA) is 80.9 Å². The van der Waals surface area contributed by atoms with Crippen LogP contribution in [0, 0.1) is 0 Å². The van der Waals surface area contributed by atoms with Crippen molar-refractivity contribution >= 4 is 50.6 Å². The third kappa shape index (κ3) is 4.17. The van der Waals surface area contributed by atoms with Crippen LogP contribution in [0.5, 0.6) is 11.5 Å². The van der Waals surface area contributed by atoms with Crippen LogP contribution < -0.4 is 20.1 Å². The Morgan fingerprint density at radius 1 is 1.17 bits per heavy atom. The van der Waals surface area contributed by atoms with Crippen LogP contribution in [-0.2, 0) is 4.79 Å². The minimum absolute atomic E-state index is 0.201. The van der Waals surface area contributed by atoms with Crippen molar-refractivity contribution in [3.05, 3.63) is 48.0 Å². The minimum atomic E-state index is -0.539. The molecule has 1 aliphatic rings. The number of rotatable bonds is 6. The average molecular weight is 443 g/mol. The Bertz CT molecular complexity index is 1080. The lowest BCUT2D eigenvalue weighted by Crippen LogP contribution is -2.48. The summed E-state index contributed by atoms with van der Waals surface area (Å²) in [5, 5.41) is 1.20. The Labute approximate surface area is 184 Å². The summed E-state index contributed by atoms with van der Waals surface area (Å²) in [6.45, 7) is 3.13. The molecule has 4 rings (SSSR count). The van der Waals surface area contributed by atoms with E-state index >= 15 is 0 Å². The number of nitrogens with two attached hydrogens (primary N) is 1. The number of nitrogens with zero attached hydrogens (tertiary/aromatic N) is 3. The number of hydrogen-bond acceptors (Lipinski definition) is 7. The first kappa shape index (κ1) is 20.4. The first-order chi connectivity index (χ1) is 14.6. The highest BCUT2D eigenvalue weighted by molar-refractivity contribution is 7.80. The normalized spacial score (nSPS) is 14.0. The third-order valence-corrected chi connectivity index (χ3v) is 6.32. The van der Waals surface area contributed by atoms with Crippen molar-refractivity contribution in [2.75, 3.05) is 44.8 Å². The molecule has 9 heteroatoms. The summed E-state index contributed by atoms with van der Waals surface area (Å²) in [6, 6.07) is 13.8. The predicted molar refractivity (Wildman–Crippen MR) is 123 cm³/mol. The summed E-state index contributed by atoms with van der Waals surface area (Å²) in [5.41, 5.74) is 6.02. The molecule has 156 valence electrons. The van der Waals surface area contributed by atoms with E-state index in [2.05, 4.69) is 32.4 Å². The summed E-state index contributed by atoms with van der Waals surface area (Å²) in [5.74, 6) is 1.49. The molecule has 0 bridgehead atoms. The molecule has 3 aromatic rings. The van der Waals surface area contributed by atoms with Gasteiger partial charge in [0, 0.05) is 37.1 Å². The number of thiocarbonyl (C=S) groups is 1. The van der Waals surface area contributed by atoms with Crippen LogP contribution in [0.1, 0.15) is 5.56 Å². The minimum Gasteiger partial charge on any atom is -0.493 e. The van der Waals surface area contributed by atoms with Crippen LogP contribution in [0.2, 0.25) is 0 Å². The number of carbonyl (C=O) groups is 1. The smallest absolute Gasteiger partial charge is 0.255 e. The van der Waals surface area contributed by atoms with Crippen molar-refractivity contribution in [2.24, 2.45) is 5.73 Å². The SMILES string of the molecule is COc1cc(C(=S)N2CCN(c3nsc4ccccc34)CC2)ccc1OCC(N)=O. The molecular weight excluding hydrogens is 420 g/mol. The largest absolute Gasteiger partial charge is 0.493 e. The Kier molecular flexibility index (Phi) is 6.01. The van der Waals surface area contributed by atoms with E-state index in [1.165, 1.54) is 21.6 Å². The van der Waals surface area contributed by atoms with Gasteiger partial charge in [-0.15, -0.1) is 0 Å². The molecule has 1 fully saturated rings. The van der Waals surface area contributed by atoms with Crippen LogP contribution >= 0.6 is 23.8 Å². The van der Waals surface area contributed by atoms with E-state index in [0.717, 1.165) is 42.5 Å². The second-order valence-corrected chi connectivity index (χ2v) is 8.09. The van der Waals surface area contributed by atoms with Crippen molar-refractivity contribution < 1.29 is 14.3 Å². The van der Waals surface area contributed by atoms with Gasteiger partial charge in [0.25, 0.3) is 5.91 Å². The van der Waals surface area contributed by atoms with Gasteiger partial charge in [-0.3, -0.25) is 4.79 Å². The van der Waals surface area contributed by atoms with E-state index < -0.39 is 5.91 Å². The van der Waals surface area contributed by atoms with Gasteiger partial charge in [-0.05, 0) is 41.9 Å². The number of benzene rings is 2. The molecule has 0 saturated carbocycles. The summed E-state index contributed by atoms with van der Waals surface area (Å²) < 4.78 is 16.7. The monoisotopic (exact) mass is 442 g/mol. The molecule has 0 atom stereocenters. The molecule has 30 heavy (non-hydrogen) atoms. The zero-order chi connectivity index (χ0) is 21.1. The number of fused-ring (bicyclic) bond motifs is 1. The fourth-order valence-electron chi connectivity index (χ4n) is 3.47. The lowest BCUT2D eigenvalue weighted by Gasteiger charge is -2.36. The highest BCUT2D eigenvalue weighted by Crippen LogP contribution is 2.31. The van der Waals surface area contributed by atoms with Crippen LogP contribution in [-0.4, -0.2) is 60.1 Å². The number of primary amides is 1. The fraction of sp³-hybridized carbons (Fsp3) is 0.286.